The molecule has 0 bridgehead atoms. The lowest BCUT2D eigenvalue weighted by Crippen LogP contribution is -2.65. The minimum absolute atomic E-state index is 0.0406. The standard InChI is InChI=1S/C23H40N4O6/c1-16(2)10-14-33-22(32)26-23(3,21(30)31)25-20(29)18-5-4-13-27(15-18)19(28)7-6-17-8-11-24-12-9-17/h16-18,24H,4-15H2,1-3H3,(H,25,29)(H,26,32)(H,30,31)/t18?,23-/m1/s1. The summed E-state index contributed by atoms with van der Waals surface area (Å²) < 4.78 is 5.03. The van der Waals surface area contributed by atoms with Gasteiger partial charge in [-0.15, -0.1) is 0 Å². The van der Waals surface area contributed by atoms with E-state index in [2.05, 4.69) is 16.0 Å². The van der Waals surface area contributed by atoms with Gasteiger partial charge in [-0.2, -0.15) is 0 Å². The van der Waals surface area contributed by atoms with Crippen LogP contribution >= 0.6 is 0 Å². The Morgan fingerprint density at radius 2 is 1.85 bits per heavy atom. The maximum absolute atomic E-state index is 12.9. The molecule has 10 nitrogen and oxygen atoms in total. The zero-order chi connectivity index (χ0) is 24.4. The Hall–Kier alpha value is -2.36. The zero-order valence-electron chi connectivity index (χ0n) is 20.2. The van der Waals surface area contributed by atoms with Crippen molar-refractivity contribution in [2.45, 2.75) is 71.4 Å². The van der Waals surface area contributed by atoms with Crippen molar-refractivity contribution in [2.24, 2.45) is 17.8 Å². The first-order chi connectivity index (χ1) is 15.6. The van der Waals surface area contributed by atoms with E-state index < -0.39 is 29.6 Å². The number of carboxylic acids is 1. The van der Waals surface area contributed by atoms with Crippen molar-refractivity contribution in [3.05, 3.63) is 0 Å². The molecule has 2 aliphatic rings. The lowest BCUT2D eigenvalue weighted by molar-refractivity contribution is -0.149. The summed E-state index contributed by atoms with van der Waals surface area (Å²) >= 11 is 0. The van der Waals surface area contributed by atoms with Gasteiger partial charge in [-0.1, -0.05) is 13.8 Å². The second-order valence-electron chi connectivity index (χ2n) is 9.77. The topological polar surface area (TPSA) is 137 Å². The smallest absolute Gasteiger partial charge is 0.409 e. The molecule has 4 N–H and O–H groups in total. The molecule has 10 heteroatoms. The van der Waals surface area contributed by atoms with Crippen LogP contribution in [0.15, 0.2) is 0 Å². The maximum Gasteiger partial charge on any atom is 0.409 e. The van der Waals surface area contributed by atoms with Crippen LogP contribution in [0.1, 0.15) is 65.7 Å². The first-order valence-electron chi connectivity index (χ1n) is 12.1. The number of rotatable bonds is 10. The van der Waals surface area contributed by atoms with E-state index in [0.717, 1.165) is 32.4 Å². The van der Waals surface area contributed by atoms with Crippen LogP contribution in [0.5, 0.6) is 0 Å². The molecule has 33 heavy (non-hydrogen) atoms. The molecule has 2 heterocycles. The number of hydrogen-bond donors (Lipinski definition) is 4. The summed E-state index contributed by atoms with van der Waals surface area (Å²) in [6, 6.07) is 0. The number of nitrogens with zero attached hydrogens (tertiary/aromatic N) is 1. The molecule has 0 aromatic heterocycles. The summed E-state index contributed by atoms with van der Waals surface area (Å²) in [5.74, 6) is -1.50. The first-order valence-corrected chi connectivity index (χ1v) is 12.1. The van der Waals surface area contributed by atoms with Gasteiger partial charge in [0.05, 0.1) is 12.5 Å². The molecular weight excluding hydrogens is 428 g/mol. The number of piperidine rings is 2. The van der Waals surface area contributed by atoms with Crippen molar-refractivity contribution in [3.8, 4) is 0 Å². The van der Waals surface area contributed by atoms with E-state index in [-0.39, 0.29) is 19.1 Å². The molecule has 2 rings (SSSR count). The summed E-state index contributed by atoms with van der Waals surface area (Å²) in [6.07, 6.45) is 4.46. The molecular formula is C23H40N4O6. The van der Waals surface area contributed by atoms with Gasteiger partial charge in [-0.25, -0.2) is 9.59 Å². The second kappa shape index (κ2) is 12.8. The van der Waals surface area contributed by atoms with Crippen molar-refractivity contribution in [3.63, 3.8) is 0 Å². The van der Waals surface area contributed by atoms with Crippen LogP contribution in [0.4, 0.5) is 4.79 Å². The van der Waals surface area contributed by atoms with E-state index in [1.807, 2.05) is 13.8 Å². The molecule has 2 aliphatic heterocycles. The van der Waals surface area contributed by atoms with E-state index in [4.69, 9.17) is 4.74 Å². The fourth-order valence-corrected chi connectivity index (χ4v) is 4.19. The van der Waals surface area contributed by atoms with Crippen LogP contribution < -0.4 is 16.0 Å². The predicted molar refractivity (Wildman–Crippen MR) is 122 cm³/mol. The number of alkyl carbamates (subject to hydrolysis) is 1. The van der Waals surface area contributed by atoms with Crippen molar-refractivity contribution in [1.82, 2.24) is 20.9 Å². The molecule has 2 atom stereocenters. The summed E-state index contributed by atoms with van der Waals surface area (Å²) in [7, 11) is 0. The van der Waals surface area contributed by atoms with Crippen molar-refractivity contribution >= 4 is 23.9 Å². The van der Waals surface area contributed by atoms with Crippen LogP contribution in [0.2, 0.25) is 0 Å². The van der Waals surface area contributed by atoms with E-state index >= 15 is 0 Å². The molecule has 0 radical (unpaired) electrons. The largest absolute Gasteiger partial charge is 0.478 e. The number of aliphatic carboxylic acids is 1. The maximum atomic E-state index is 12.9. The average molecular weight is 469 g/mol. The third-order valence-electron chi connectivity index (χ3n) is 6.45. The molecule has 0 aromatic rings. The van der Waals surface area contributed by atoms with Gasteiger partial charge in [0.25, 0.3) is 0 Å². The van der Waals surface area contributed by atoms with E-state index in [9.17, 15) is 24.3 Å². The van der Waals surface area contributed by atoms with Gasteiger partial charge in [0, 0.05) is 19.5 Å². The monoisotopic (exact) mass is 468 g/mol. The Morgan fingerprint density at radius 3 is 2.48 bits per heavy atom. The lowest BCUT2D eigenvalue weighted by Gasteiger charge is -2.35. The number of nitrogens with one attached hydrogen (secondary N) is 3. The third-order valence-corrected chi connectivity index (χ3v) is 6.45. The van der Waals surface area contributed by atoms with Gasteiger partial charge in [-0.3, -0.25) is 14.9 Å². The summed E-state index contributed by atoms with van der Waals surface area (Å²) in [5.41, 5.74) is -2.01. The number of carboxylic acid groups (broad SMARTS) is 1. The van der Waals surface area contributed by atoms with Gasteiger partial charge < -0.3 is 25.4 Å². The number of hydrogen-bond acceptors (Lipinski definition) is 6. The Bertz CT molecular complexity index is 694. The van der Waals surface area contributed by atoms with Gasteiger partial charge >= 0.3 is 12.1 Å². The lowest BCUT2D eigenvalue weighted by atomic mass is 9.92. The van der Waals surface area contributed by atoms with Crippen molar-refractivity contribution in [1.29, 1.82) is 0 Å². The normalized spacial score (nSPS) is 21.2. The van der Waals surface area contributed by atoms with Gasteiger partial charge in [0.1, 0.15) is 0 Å². The molecule has 0 aliphatic carbocycles. The van der Waals surface area contributed by atoms with E-state index in [1.165, 1.54) is 6.92 Å². The number of carbonyl (C=O) groups is 4. The van der Waals surface area contributed by atoms with Crippen molar-refractivity contribution in [2.75, 3.05) is 32.8 Å². The van der Waals surface area contributed by atoms with Gasteiger partial charge in [0.15, 0.2) is 0 Å². The fourth-order valence-electron chi connectivity index (χ4n) is 4.19. The van der Waals surface area contributed by atoms with Crippen LogP contribution in [0.3, 0.4) is 0 Å². The number of amides is 3. The summed E-state index contributed by atoms with van der Waals surface area (Å²) in [6.45, 7) is 8.17. The minimum atomic E-state index is -2.01. The molecule has 3 amide bonds. The highest BCUT2D eigenvalue weighted by molar-refractivity contribution is 5.90. The SMILES string of the molecule is CC(C)CCOC(=O)N[C@@](C)(NC(=O)C1CCCN(C(=O)CCC2CCNCC2)C1)C(=O)O. The molecule has 2 saturated heterocycles. The highest BCUT2D eigenvalue weighted by Gasteiger charge is 2.40. The Kier molecular flexibility index (Phi) is 10.4. The summed E-state index contributed by atoms with van der Waals surface area (Å²) in [5, 5.41) is 17.6. The predicted octanol–water partition coefficient (Wildman–Crippen LogP) is 1.69. The number of likely N-dealkylation sites (tertiary alicyclic amines) is 1. The number of ether oxygens (including phenoxy) is 1. The molecule has 2 fully saturated rings. The molecule has 1 unspecified atom stereocenters. The minimum Gasteiger partial charge on any atom is -0.478 e. The van der Waals surface area contributed by atoms with Gasteiger partial charge in [-0.05, 0) is 70.4 Å². The Labute approximate surface area is 196 Å². The Morgan fingerprint density at radius 1 is 1.15 bits per heavy atom. The van der Waals surface area contributed by atoms with Crippen LogP contribution in [0.25, 0.3) is 0 Å². The molecule has 188 valence electrons. The summed E-state index contributed by atoms with van der Waals surface area (Å²) in [4.78, 5) is 51.1. The fraction of sp³-hybridized carbons (Fsp3) is 0.826. The van der Waals surface area contributed by atoms with Crippen LogP contribution in [-0.4, -0.2) is 72.3 Å². The van der Waals surface area contributed by atoms with Gasteiger partial charge in [0.2, 0.25) is 17.5 Å². The van der Waals surface area contributed by atoms with Crippen LogP contribution in [-0.2, 0) is 19.1 Å². The molecule has 0 spiro atoms. The third kappa shape index (κ3) is 8.83. The highest BCUT2D eigenvalue weighted by Crippen LogP contribution is 2.22. The van der Waals surface area contributed by atoms with Crippen LogP contribution in [0, 0.1) is 17.8 Å². The first kappa shape index (κ1) is 26.9. The van der Waals surface area contributed by atoms with E-state index in [1.54, 1.807) is 4.90 Å². The quantitative estimate of drug-likeness (QED) is 0.358. The Balaban J connectivity index is 1.86. The molecule has 0 saturated carbocycles. The average Bonchev–Trinajstić information content (AvgIpc) is 2.77. The van der Waals surface area contributed by atoms with Crippen molar-refractivity contribution < 1.29 is 29.0 Å². The molecule has 0 aromatic carbocycles. The second-order valence-corrected chi connectivity index (χ2v) is 9.77. The highest BCUT2D eigenvalue weighted by atomic mass is 16.5. The zero-order valence-corrected chi connectivity index (χ0v) is 20.2. The number of carbonyl (C=O) groups excluding carboxylic acids is 3. The van der Waals surface area contributed by atoms with E-state index in [0.29, 0.717) is 44.1 Å².